The molecule has 0 radical (unpaired) electrons. The van der Waals surface area contributed by atoms with Crippen molar-refractivity contribution in [2.45, 2.75) is 31.9 Å². The van der Waals surface area contributed by atoms with Gasteiger partial charge in [-0.3, -0.25) is 0 Å². The maximum absolute atomic E-state index is 14.1. The van der Waals surface area contributed by atoms with Crippen molar-refractivity contribution in [3.8, 4) is 0 Å². The molecular weight excluding hydrogens is 233 g/mol. The molecule has 1 aromatic rings. The van der Waals surface area contributed by atoms with Crippen LogP contribution in [0.15, 0.2) is 6.33 Å². The molecule has 2 heterocycles. The fourth-order valence-corrected chi connectivity index (χ4v) is 4.30. The van der Waals surface area contributed by atoms with Gasteiger partial charge in [-0.2, -0.15) is 0 Å². The number of aliphatic hydroxyl groups excluding tert-OH is 1. The number of aliphatic hydroxyl groups is 1. The van der Waals surface area contributed by atoms with Crippen molar-refractivity contribution in [1.82, 2.24) is 9.97 Å². The number of aromatic nitrogens is 2. The number of rotatable bonds is 1. The van der Waals surface area contributed by atoms with Crippen molar-refractivity contribution in [2.75, 3.05) is 11.4 Å². The summed E-state index contributed by atoms with van der Waals surface area (Å²) in [5.41, 5.74) is 0.378. The Balaban J connectivity index is 1.76. The molecule has 4 rings (SSSR count). The highest BCUT2D eigenvalue weighted by atomic mass is 19.1. The Hall–Kier alpha value is -1.23. The maximum atomic E-state index is 14.1. The van der Waals surface area contributed by atoms with Gasteiger partial charge in [-0.05, 0) is 37.5 Å². The third-order valence-electron chi connectivity index (χ3n) is 5.07. The molecule has 5 atom stereocenters. The molecule has 1 aromatic heterocycles. The van der Waals surface area contributed by atoms with Crippen LogP contribution in [0.1, 0.15) is 18.5 Å². The normalized spacial score (nSPS) is 40.8. The fourth-order valence-electron chi connectivity index (χ4n) is 4.30. The van der Waals surface area contributed by atoms with Crippen LogP contribution in [-0.4, -0.2) is 33.8 Å². The number of hydrogen-bond acceptors (Lipinski definition) is 4. The molecular formula is C13H16FN3O. The van der Waals surface area contributed by atoms with Crippen molar-refractivity contribution in [3.63, 3.8) is 0 Å². The van der Waals surface area contributed by atoms with E-state index < -0.39 is 0 Å². The zero-order valence-corrected chi connectivity index (χ0v) is 10.3. The van der Waals surface area contributed by atoms with Crippen LogP contribution in [0, 0.1) is 30.5 Å². The lowest BCUT2D eigenvalue weighted by atomic mass is 9.88. The smallest absolute Gasteiger partial charge is 0.186 e. The molecule has 5 heteroatoms. The van der Waals surface area contributed by atoms with E-state index in [4.69, 9.17) is 0 Å². The highest BCUT2D eigenvalue weighted by Gasteiger charge is 2.59. The van der Waals surface area contributed by atoms with Crippen molar-refractivity contribution in [3.05, 3.63) is 17.8 Å². The van der Waals surface area contributed by atoms with Gasteiger partial charge in [0.25, 0.3) is 0 Å². The molecule has 0 amide bonds. The second-order valence-electron chi connectivity index (χ2n) is 5.89. The number of fused-ring (bicyclic) bond motifs is 1. The van der Waals surface area contributed by atoms with Crippen molar-refractivity contribution in [2.24, 2.45) is 17.8 Å². The van der Waals surface area contributed by atoms with Crippen LogP contribution in [0.2, 0.25) is 0 Å². The molecule has 0 aromatic carbocycles. The third-order valence-corrected chi connectivity index (χ3v) is 5.07. The average molecular weight is 249 g/mol. The zero-order chi connectivity index (χ0) is 12.4. The SMILES string of the molecule is Cc1ncnc(N2CC3CC4CC3C2C4O)c1F. The van der Waals surface area contributed by atoms with E-state index in [1.165, 1.54) is 6.33 Å². The molecule has 5 unspecified atom stereocenters. The Labute approximate surface area is 105 Å². The molecule has 18 heavy (non-hydrogen) atoms. The van der Waals surface area contributed by atoms with Gasteiger partial charge >= 0.3 is 0 Å². The number of halogens is 1. The van der Waals surface area contributed by atoms with Gasteiger partial charge in [-0.15, -0.1) is 0 Å². The Morgan fingerprint density at radius 3 is 2.94 bits per heavy atom. The molecule has 3 aliphatic rings. The summed E-state index contributed by atoms with van der Waals surface area (Å²) in [7, 11) is 0. The number of nitrogens with zero attached hydrogens (tertiary/aromatic N) is 3. The quantitative estimate of drug-likeness (QED) is 0.810. The lowest BCUT2D eigenvalue weighted by Gasteiger charge is -2.29. The van der Waals surface area contributed by atoms with Gasteiger partial charge in [-0.1, -0.05) is 0 Å². The molecule has 4 nitrogen and oxygen atoms in total. The van der Waals surface area contributed by atoms with Gasteiger partial charge in [0.2, 0.25) is 0 Å². The van der Waals surface area contributed by atoms with E-state index in [2.05, 4.69) is 9.97 Å². The first kappa shape index (κ1) is 10.7. The largest absolute Gasteiger partial charge is 0.391 e. The van der Waals surface area contributed by atoms with E-state index in [-0.39, 0.29) is 18.0 Å². The van der Waals surface area contributed by atoms with E-state index in [0.717, 1.165) is 19.4 Å². The highest BCUT2D eigenvalue weighted by molar-refractivity contribution is 5.46. The van der Waals surface area contributed by atoms with Gasteiger partial charge in [0.15, 0.2) is 11.6 Å². The first-order chi connectivity index (χ1) is 8.66. The average Bonchev–Trinajstić information content (AvgIpc) is 2.94. The van der Waals surface area contributed by atoms with E-state index in [0.29, 0.717) is 29.3 Å². The molecule has 2 aliphatic carbocycles. The minimum atomic E-state index is -0.338. The van der Waals surface area contributed by atoms with Crippen LogP contribution < -0.4 is 4.90 Å². The molecule has 2 bridgehead atoms. The van der Waals surface area contributed by atoms with Gasteiger partial charge < -0.3 is 10.0 Å². The zero-order valence-electron chi connectivity index (χ0n) is 10.3. The van der Waals surface area contributed by atoms with Gasteiger partial charge in [0.1, 0.15) is 6.33 Å². The Morgan fingerprint density at radius 1 is 1.33 bits per heavy atom. The predicted octanol–water partition coefficient (Wildman–Crippen LogP) is 1.13. The van der Waals surface area contributed by atoms with Crippen LogP contribution in [0.3, 0.4) is 0 Å². The molecule has 3 fully saturated rings. The lowest BCUT2D eigenvalue weighted by Crippen LogP contribution is -2.41. The molecule has 1 saturated heterocycles. The van der Waals surface area contributed by atoms with Crippen molar-refractivity contribution in [1.29, 1.82) is 0 Å². The van der Waals surface area contributed by atoms with Crippen molar-refractivity contribution >= 4 is 5.82 Å². The first-order valence-corrected chi connectivity index (χ1v) is 6.58. The summed E-state index contributed by atoms with van der Waals surface area (Å²) in [5.74, 6) is 1.59. The molecule has 2 saturated carbocycles. The molecule has 0 spiro atoms. The number of anilines is 1. The van der Waals surface area contributed by atoms with Crippen LogP contribution in [0.5, 0.6) is 0 Å². The second-order valence-corrected chi connectivity index (χ2v) is 5.89. The Morgan fingerprint density at radius 2 is 2.17 bits per heavy atom. The summed E-state index contributed by atoms with van der Waals surface area (Å²) >= 11 is 0. The van der Waals surface area contributed by atoms with Crippen LogP contribution in [0.4, 0.5) is 10.2 Å². The van der Waals surface area contributed by atoms with Gasteiger partial charge in [0.05, 0.1) is 17.8 Å². The summed E-state index contributed by atoms with van der Waals surface area (Å²) in [5, 5.41) is 10.3. The van der Waals surface area contributed by atoms with Gasteiger partial charge in [0, 0.05) is 6.54 Å². The minimum absolute atomic E-state index is 0.0672. The van der Waals surface area contributed by atoms with Crippen LogP contribution >= 0.6 is 0 Å². The molecule has 96 valence electrons. The standard InChI is InChI=1S/C13H16FN3O/c1-6-10(14)13(16-5-15-6)17-4-8-2-7-3-9(8)11(17)12(7)18/h5,7-9,11-12,18H,2-4H2,1H3. The summed E-state index contributed by atoms with van der Waals surface area (Å²) in [4.78, 5) is 9.95. The Bertz CT molecular complexity index is 507. The van der Waals surface area contributed by atoms with Gasteiger partial charge in [-0.25, -0.2) is 14.4 Å². The summed E-state index contributed by atoms with van der Waals surface area (Å²) in [6.07, 6.45) is 3.28. The lowest BCUT2D eigenvalue weighted by molar-refractivity contribution is 0.0964. The topological polar surface area (TPSA) is 49.2 Å². The summed E-state index contributed by atoms with van der Waals surface area (Å²) in [6.45, 7) is 2.48. The number of hydrogen-bond donors (Lipinski definition) is 1. The van der Waals surface area contributed by atoms with Crippen LogP contribution in [0.25, 0.3) is 0 Å². The van der Waals surface area contributed by atoms with E-state index in [1.54, 1.807) is 6.92 Å². The van der Waals surface area contributed by atoms with E-state index >= 15 is 0 Å². The fraction of sp³-hybridized carbons (Fsp3) is 0.692. The first-order valence-electron chi connectivity index (χ1n) is 6.58. The van der Waals surface area contributed by atoms with E-state index in [9.17, 15) is 9.50 Å². The maximum Gasteiger partial charge on any atom is 0.186 e. The summed E-state index contributed by atoms with van der Waals surface area (Å²) in [6, 6.07) is 0.0672. The predicted molar refractivity (Wildman–Crippen MR) is 63.6 cm³/mol. The van der Waals surface area contributed by atoms with Crippen LogP contribution in [-0.2, 0) is 0 Å². The molecule has 1 N–H and O–H groups in total. The second kappa shape index (κ2) is 3.41. The Kier molecular flexibility index (Phi) is 2.02. The number of aryl methyl sites for hydroxylation is 1. The molecule has 1 aliphatic heterocycles. The third kappa shape index (κ3) is 1.18. The highest BCUT2D eigenvalue weighted by Crippen LogP contribution is 2.55. The van der Waals surface area contributed by atoms with Crippen molar-refractivity contribution < 1.29 is 9.50 Å². The summed E-state index contributed by atoms with van der Waals surface area (Å²) < 4.78 is 14.1. The monoisotopic (exact) mass is 249 g/mol. The minimum Gasteiger partial charge on any atom is -0.391 e. The van der Waals surface area contributed by atoms with E-state index in [1.807, 2.05) is 4.90 Å².